The molecule has 0 aliphatic carbocycles. The van der Waals surface area contributed by atoms with Gasteiger partial charge in [0.05, 0.1) is 0 Å². The molecule has 1 atom stereocenters. The van der Waals surface area contributed by atoms with Crippen LogP contribution in [0.15, 0.2) is 24.3 Å². The van der Waals surface area contributed by atoms with Crippen LogP contribution in [0.1, 0.15) is 30.7 Å². The molecule has 1 N–H and O–H groups in total. The summed E-state index contributed by atoms with van der Waals surface area (Å²) in [5.74, 6) is 1.62. The third kappa shape index (κ3) is 3.78. The third-order valence-corrected chi connectivity index (χ3v) is 5.06. The molecule has 0 spiro atoms. The minimum absolute atomic E-state index is 0.709. The Kier molecular flexibility index (Phi) is 4.81. The smallest absolute Gasteiger partial charge is 0.0376 e. The number of hydrogen-bond donors (Lipinski definition) is 1. The maximum absolute atomic E-state index is 3.54. The van der Waals surface area contributed by atoms with Crippen molar-refractivity contribution in [3.8, 4) is 0 Å². The first-order valence-electron chi connectivity index (χ1n) is 8.42. The molecule has 3 rings (SSSR count). The summed E-state index contributed by atoms with van der Waals surface area (Å²) in [6, 6.07) is 8.81. The van der Waals surface area contributed by atoms with Crippen molar-refractivity contribution in [1.29, 1.82) is 0 Å². The lowest BCUT2D eigenvalue weighted by molar-refractivity contribution is 0.159. The molecule has 2 aliphatic heterocycles. The van der Waals surface area contributed by atoms with Crippen LogP contribution < -0.4 is 5.32 Å². The summed E-state index contributed by atoms with van der Waals surface area (Å²) in [6.45, 7) is 6.22. The van der Waals surface area contributed by atoms with Crippen molar-refractivity contribution in [2.24, 2.45) is 5.92 Å². The van der Waals surface area contributed by atoms with Crippen molar-refractivity contribution in [2.75, 3.05) is 52.1 Å². The molecule has 1 unspecified atom stereocenters. The number of nitrogens with zero attached hydrogens (tertiary/aromatic N) is 2. The molecule has 2 aliphatic rings. The van der Waals surface area contributed by atoms with Crippen LogP contribution in [0.3, 0.4) is 0 Å². The lowest BCUT2D eigenvalue weighted by atomic mass is 9.94. The first kappa shape index (κ1) is 14.9. The van der Waals surface area contributed by atoms with E-state index in [1.54, 1.807) is 0 Å². The molecule has 21 heavy (non-hydrogen) atoms. The Morgan fingerprint density at radius 2 is 1.95 bits per heavy atom. The van der Waals surface area contributed by atoms with Crippen LogP contribution >= 0.6 is 0 Å². The molecule has 1 aromatic rings. The highest BCUT2D eigenvalue weighted by Crippen LogP contribution is 2.33. The maximum Gasteiger partial charge on any atom is 0.0376 e. The molecule has 0 saturated carbocycles. The third-order valence-electron chi connectivity index (χ3n) is 5.06. The minimum atomic E-state index is 0.709. The van der Waals surface area contributed by atoms with Crippen LogP contribution in [0.2, 0.25) is 0 Å². The predicted molar refractivity (Wildman–Crippen MR) is 90.0 cm³/mol. The zero-order valence-electron chi connectivity index (χ0n) is 13.5. The highest BCUT2D eigenvalue weighted by atomic mass is 15.1. The fraction of sp³-hybridized carbons (Fsp3) is 0.667. The normalized spacial score (nSPS) is 23.3. The van der Waals surface area contributed by atoms with Gasteiger partial charge in [-0.05, 0) is 70.5 Å². The summed E-state index contributed by atoms with van der Waals surface area (Å²) in [5, 5.41) is 3.54. The van der Waals surface area contributed by atoms with Gasteiger partial charge in [-0.1, -0.05) is 18.2 Å². The molecule has 3 heteroatoms. The Labute approximate surface area is 129 Å². The average molecular weight is 287 g/mol. The van der Waals surface area contributed by atoms with Crippen molar-refractivity contribution in [1.82, 2.24) is 9.80 Å². The molecule has 1 fully saturated rings. The van der Waals surface area contributed by atoms with Gasteiger partial charge in [-0.2, -0.15) is 0 Å². The van der Waals surface area contributed by atoms with Gasteiger partial charge in [-0.3, -0.25) is 0 Å². The molecule has 0 amide bonds. The number of para-hydroxylation sites is 1. The summed E-state index contributed by atoms with van der Waals surface area (Å²) in [7, 11) is 4.38. The summed E-state index contributed by atoms with van der Waals surface area (Å²) in [4.78, 5) is 5.01. The average Bonchev–Trinajstić information content (AvgIpc) is 2.89. The minimum Gasteiger partial charge on any atom is -0.384 e. The van der Waals surface area contributed by atoms with Gasteiger partial charge in [-0.15, -0.1) is 0 Å². The second kappa shape index (κ2) is 6.80. The Hall–Kier alpha value is -1.06. The van der Waals surface area contributed by atoms with E-state index in [2.05, 4.69) is 53.5 Å². The topological polar surface area (TPSA) is 18.5 Å². The standard InChI is InChI=1S/C18H29N3/c1-20(2)14-15-7-10-21(11-8-15)12-9-16-13-19-18-6-4-3-5-17(16)18/h3-6,15-16,19H,7-14H2,1-2H3. The molecular formula is C18H29N3. The maximum atomic E-state index is 3.54. The van der Waals surface area contributed by atoms with Crippen LogP contribution in [-0.2, 0) is 0 Å². The molecule has 0 bridgehead atoms. The molecular weight excluding hydrogens is 258 g/mol. The van der Waals surface area contributed by atoms with Crippen LogP contribution in [0.25, 0.3) is 0 Å². The van der Waals surface area contributed by atoms with Crippen molar-refractivity contribution >= 4 is 5.69 Å². The van der Waals surface area contributed by atoms with Gasteiger partial charge in [0.2, 0.25) is 0 Å². The number of hydrogen-bond acceptors (Lipinski definition) is 3. The molecule has 2 heterocycles. The van der Waals surface area contributed by atoms with Gasteiger partial charge in [0.25, 0.3) is 0 Å². The van der Waals surface area contributed by atoms with Crippen molar-refractivity contribution in [3.63, 3.8) is 0 Å². The summed E-state index contributed by atoms with van der Waals surface area (Å²) in [6.07, 6.45) is 4.04. The first-order chi connectivity index (χ1) is 10.2. The number of nitrogens with one attached hydrogen (secondary N) is 1. The monoisotopic (exact) mass is 287 g/mol. The molecule has 0 aromatic heterocycles. The fourth-order valence-electron chi connectivity index (χ4n) is 3.86. The number of likely N-dealkylation sites (tertiary alicyclic amines) is 1. The zero-order valence-corrected chi connectivity index (χ0v) is 13.5. The van der Waals surface area contributed by atoms with E-state index in [4.69, 9.17) is 0 Å². The highest BCUT2D eigenvalue weighted by Gasteiger charge is 2.24. The van der Waals surface area contributed by atoms with Gasteiger partial charge in [0.15, 0.2) is 0 Å². The van der Waals surface area contributed by atoms with Crippen LogP contribution in [0.4, 0.5) is 5.69 Å². The van der Waals surface area contributed by atoms with Gasteiger partial charge < -0.3 is 15.1 Å². The van der Waals surface area contributed by atoms with Crippen molar-refractivity contribution < 1.29 is 0 Å². The molecule has 3 nitrogen and oxygen atoms in total. The van der Waals surface area contributed by atoms with Gasteiger partial charge in [0, 0.05) is 24.7 Å². The lowest BCUT2D eigenvalue weighted by Gasteiger charge is -2.33. The van der Waals surface area contributed by atoms with Gasteiger partial charge in [-0.25, -0.2) is 0 Å². The quantitative estimate of drug-likeness (QED) is 0.898. The van der Waals surface area contributed by atoms with E-state index in [0.29, 0.717) is 5.92 Å². The van der Waals surface area contributed by atoms with Crippen LogP contribution in [-0.4, -0.2) is 56.6 Å². The van der Waals surface area contributed by atoms with E-state index in [9.17, 15) is 0 Å². The fourth-order valence-corrected chi connectivity index (χ4v) is 3.86. The Morgan fingerprint density at radius 3 is 2.71 bits per heavy atom. The van der Waals surface area contributed by atoms with E-state index >= 15 is 0 Å². The summed E-state index contributed by atoms with van der Waals surface area (Å²) < 4.78 is 0. The summed E-state index contributed by atoms with van der Waals surface area (Å²) >= 11 is 0. The molecule has 1 aromatic carbocycles. The van der Waals surface area contributed by atoms with Crippen molar-refractivity contribution in [3.05, 3.63) is 29.8 Å². The molecule has 116 valence electrons. The van der Waals surface area contributed by atoms with E-state index in [0.717, 1.165) is 12.5 Å². The van der Waals surface area contributed by atoms with Gasteiger partial charge >= 0.3 is 0 Å². The van der Waals surface area contributed by atoms with Crippen LogP contribution in [0, 0.1) is 5.92 Å². The Balaban J connectivity index is 1.43. The number of rotatable bonds is 5. The largest absolute Gasteiger partial charge is 0.384 e. The zero-order chi connectivity index (χ0) is 14.7. The van der Waals surface area contributed by atoms with E-state index < -0.39 is 0 Å². The lowest BCUT2D eigenvalue weighted by Crippen LogP contribution is -2.38. The van der Waals surface area contributed by atoms with Crippen molar-refractivity contribution in [2.45, 2.75) is 25.2 Å². The highest BCUT2D eigenvalue weighted by molar-refractivity contribution is 5.57. The second-order valence-corrected chi connectivity index (χ2v) is 7.00. The molecule has 1 saturated heterocycles. The number of fused-ring (bicyclic) bond motifs is 1. The number of anilines is 1. The SMILES string of the molecule is CN(C)CC1CCN(CCC2CNc3ccccc32)CC1. The van der Waals surface area contributed by atoms with E-state index in [1.807, 2.05) is 0 Å². The van der Waals surface area contributed by atoms with E-state index in [1.165, 1.54) is 56.7 Å². The Morgan fingerprint density at radius 1 is 1.19 bits per heavy atom. The van der Waals surface area contributed by atoms with Gasteiger partial charge in [0.1, 0.15) is 0 Å². The summed E-state index contributed by atoms with van der Waals surface area (Å²) in [5.41, 5.74) is 2.88. The second-order valence-electron chi connectivity index (χ2n) is 7.00. The number of piperidine rings is 1. The van der Waals surface area contributed by atoms with E-state index in [-0.39, 0.29) is 0 Å². The molecule has 0 radical (unpaired) electrons. The Bertz CT molecular complexity index is 450. The van der Waals surface area contributed by atoms with Crippen LogP contribution in [0.5, 0.6) is 0 Å². The predicted octanol–water partition coefficient (Wildman–Crippen LogP) is 2.86. The number of benzene rings is 1. The first-order valence-corrected chi connectivity index (χ1v) is 8.42.